The third-order valence-corrected chi connectivity index (χ3v) is 5.13. The molecule has 1 aliphatic carbocycles. The predicted molar refractivity (Wildman–Crippen MR) is 92.2 cm³/mol. The zero-order valence-electron chi connectivity index (χ0n) is 14.8. The van der Waals surface area contributed by atoms with Crippen LogP contribution in [0.15, 0.2) is 23.8 Å². The fourth-order valence-corrected chi connectivity index (χ4v) is 3.94. The standard InChI is InChI=1S/C19H23NO5/c1-23-13-5-6-14-12(10-13)4-7-16-15(14)8-9-20-19(16,18(22)25-3)11-17(21)24-2/h5-6,10,20H,4,7-9,11H2,1-3H3. The molecule has 0 aromatic heterocycles. The van der Waals surface area contributed by atoms with Crippen molar-refractivity contribution >= 4 is 17.5 Å². The maximum atomic E-state index is 12.7. The van der Waals surface area contributed by atoms with Gasteiger partial charge in [-0.25, -0.2) is 4.79 Å². The van der Waals surface area contributed by atoms with Crippen molar-refractivity contribution in [3.8, 4) is 5.75 Å². The Morgan fingerprint density at radius 3 is 2.60 bits per heavy atom. The summed E-state index contributed by atoms with van der Waals surface area (Å²) < 4.78 is 15.2. The van der Waals surface area contributed by atoms with Crippen LogP contribution in [0.2, 0.25) is 0 Å². The molecule has 25 heavy (non-hydrogen) atoms. The zero-order chi connectivity index (χ0) is 18.0. The molecule has 0 radical (unpaired) electrons. The number of benzene rings is 1. The number of nitrogens with one attached hydrogen (secondary N) is 1. The van der Waals surface area contributed by atoms with E-state index in [4.69, 9.17) is 14.2 Å². The van der Waals surface area contributed by atoms with Crippen LogP contribution >= 0.6 is 0 Å². The molecule has 1 atom stereocenters. The molecule has 0 spiro atoms. The Kier molecular flexibility index (Phi) is 4.81. The molecule has 1 aromatic carbocycles. The number of hydrogen-bond acceptors (Lipinski definition) is 6. The first-order valence-electron chi connectivity index (χ1n) is 8.35. The molecule has 3 rings (SSSR count). The summed E-state index contributed by atoms with van der Waals surface area (Å²) in [5.41, 5.74) is 3.25. The van der Waals surface area contributed by atoms with E-state index >= 15 is 0 Å². The van der Waals surface area contributed by atoms with Crippen molar-refractivity contribution < 1.29 is 23.8 Å². The first-order chi connectivity index (χ1) is 12.1. The van der Waals surface area contributed by atoms with Crippen molar-refractivity contribution in [2.45, 2.75) is 31.2 Å². The van der Waals surface area contributed by atoms with Gasteiger partial charge in [-0.3, -0.25) is 10.1 Å². The lowest BCUT2D eigenvalue weighted by Gasteiger charge is -2.41. The molecule has 2 aliphatic rings. The molecule has 1 aliphatic heterocycles. The van der Waals surface area contributed by atoms with Gasteiger partial charge in [-0.1, -0.05) is 6.07 Å². The average molecular weight is 345 g/mol. The van der Waals surface area contributed by atoms with Gasteiger partial charge in [0.25, 0.3) is 0 Å². The quantitative estimate of drug-likeness (QED) is 0.840. The summed E-state index contributed by atoms with van der Waals surface area (Å²) in [6.07, 6.45) is 2.20. The van der Waals surface area contributed by atoms with Gasteiger partial charge in [0.05, 0.1) is 27.8 Å². The molecule has 0 saturated carbocycles. The Bertz CT molecular complexity index is 739. The largest absolute Gasteiger partial charge is 0.497 e. The lowest BCUT2D eigenvalue weighted by atomic mass is 9.71. The Morgan fingerprint density at radius 1 is 1.12 bits per heavy atom. The minimum atomic E-state index is -1.15. The SMILES string of the molecule is COC(=O)CC1(C(=O)OC)NCCC2=C1CCc1cc(OC)ccc12. The van der Waals surface area contributed by atoms with Crippen molar-refractivity contribution in [1.29, 1.82) is 0 Å². The molecular formula is C19H23NO5. The number of rotatable bonds is 4. The maximum absolute atomic E-state index is 12.7. The highest BCUT2D eigenvalue weighted by Gasteiger charge is 2.49. The van der Waals surface area contributed by atoms with Crippen LogP contribution in [0.3, 0.4) is 0 Å². The van der Waals surface area contributed by atoms with Gasteiger partial charge in [-0.2, -0.15) is 0 Å². The van der Waals surface area contributed by atoms with Crippen LogP contribution < -0.4 is 10.1 Å². The molecule has 1 aromatic rings. The Labute approximate surface area is 147 Å². The van der Waals surface area contributed by atoms with E-state index in [-0.39, 0.29) is 6.42 Å². The molecule has 1 unspecified atom stereocenters. The fraction of sp³-hybridized carbons (Fsp3) is 0.474. The van der Waals surface area contributed by atoms with E-state index in [2.05, 4.69) is 5.32 Å². The second kappa shape index (κ2) is 6.88. The third kappa shape index (κ3) is 2.91. The molecule has 0 bridgehead atoms. The zero-order valence-corrected chi connectivity index (χ0v) is 14.8. The van der Waals surface area contributed by atoms with E-state index < -0.39 is 17.5 Å². The van der Waals surface area contributed by atoms with Crippen LogP contribution in [0.25, 0.3) is 5.57 Å². The van der Waals surface area contributed by atoms with Crippen molar-refractivity contribution in [3.63, 3.8) is 0 Å². The maximum Gasteiger partial charge on any atom is 0.331 e. The van der Waals surface area contributed by atoms with E-state index in [1.54, 1.807) is 7.11 Å². The van der Waals surface area contributed by atoms with Crippen LogP contribution in [0.4, 0.5) is 0 Å². The Hall–Kier alpha value is -2.34. The van der Waals surface area contributed by atoms with E-state index in [0.29, 0.717) is 13.0 Å². The van der Waals surface area contributed by atoms with Gasteiger partial charge in [0, 0.05) is 6.54 Å². The van der Waals surface area contributed by atoms with Crippen LogP contribution in [-0.2, 0) is 25.5 Å². The van der Waals surface area contributed by atoms with Crippen molar-refractivity contribution in [2.75, 3.05) is 27.9 Å². The van der Waals surface area contributed by atoms with Crippen molar-refractivity contribution in [1.82, 2.24) is 5.32 Å². The molecule has 0 saturated heterocycles. The summed E-state index contributed by atoms with van der Waals surface area (Å²) >= 11 is 0. The fourth-order valence-electron chi connectivity index (χ4n) is 3.94. The van der Waals surface area contributed by atoms with E-state index in [9.17, 15) is 9.59 Å². The van der Waals surface area contributed by atoms with Crippen LogP contribution in [0.5, 0.6) is 5.75 Å². The second-order valence-electron chi connectivity index (χ2n) is 6.31. The average Bonchev–Trinajstić information content (AvgIpc) is 2.66. The summed E-state index contributed by atoms with van der Waals surface area (Å²) in [5, 5.41) is 3.24. The summed E-state index contributed by atoms with van der Waals surface area (Å²) in [6.45, 7) is 0.594. The van der Waals surface area contributed by atoms with E-state index in [0.717, 1.165) is 35.3 Å². The lowest BCUT2D eigenvalue weighted by molar-refractivity contribution is -0.153. The number of aryl methyl sites for hydroxylation is 1. The molecular weight excluding hydrogens is 322 g/mol. The third-order valence-electron chi connectivity index (χ3n) is 5.13. The molecule has 0 amide bonds. The molecule has 1 N–H and O–H groups in total. The van der Waals surface area contributed by atoms with Gasteiger partial charge in [-0.05, 0) is 53.7 Å². The Balaban J connectivity index is 2.12. The number of carbonyl (C=O) groups excluding carboxylic acids is 2. The highest BCUT2D eigenvalue weighted by molar-refractivity contribution is 5.95. The second-order valence-corrected chi connectivity index (χ2v) is 6.31. The topological polar surface area (TPSA) is 73.9 Å². The van der Waals surface area contributed by atoms with Crippen LogP contribution in [0, 0.1) is 0 Å². The summed E-state index contributed by atoms with van der Waals surface area (Å²) in [7, 11) is 4.33. The highest BCUT2D eigenvalue weighted by Crippen LogP contribution is 2.43. The summed E-state index contributed by atoms with van der Waals surface area (Å²) in [6, 6.07) is 6.01. The van der Waals surface area contributed by atoms with Crippen molar-refractivity contribution in [2.24, 2.45) is 0 Å². The number of hydrogen-bond donors (Lipinski definition) is 1. The normalized spacial score (nSPS) is 21.9. The minimum absolute atomic E-state index is 0.0690. The smallest absolute Gasteiger partial charge is 0.331 e. The van der Waals surface area contributed by atoms with Crippen molar-refractivity contribution in [3.05, 3.63) is 34.9 Å². The number of carbonyl (C=O) groups is 2. The van der Waals surface area contributed by atoms with Crippen LogP contribution in [0.1, 0.15) is 30.4 Å². The number of ether oxygens (including phenoxy) is 3. The van der Waals surface area contributed by atoms with Gasteiger partial charge in [-0.15, -0.1) is 0 Å². The molecule has 6 nitrogen and oxygen atoms in total. The minimum Gasteiger partial charge on any atom is -0.497 e. The van der Waals surface area contributed by atoms with E-state index in [1.807, 2.05) is 18.2 Å². The summed E-state index contributed by atoms with van der Waals surface area (Å²) in [4.78, 5) is 24.7. The van der Waals surface area contributed by atoms with Gasteiger partial charge < -0.3 is 14.2 Å². The number of esters is 2. The molecule has 0 fully saturated rings. The number of fused-ring (bicyclic) bond motifs is 2. The number of methoxy groups -OCH3 is 3. The van der Waals surface area contributed by atoms with Gasteiger partial charge >= 0.3 is 11.9 Å². The van der Waals surface area contributed by atoms with Gasteiger partial charge in [0.15, 0.2) is 0 Å². The first kappa shape index (κ1) is 17.5. The molecule has 6 heteroatoms. The Morgan fingerprint density at radius 2 is 1.92 bits per heavy atom. The van der Waals surface area contributed by atoms with Gasteiger partial charge in [0.1, 0.15) is 11.3 Å². The highest BCUT2D eigenvalue weighted by atomic mass is 16.5. The monoisotopic (exact) mass is 345 g/mol. The molecule has 1 heterocycles. The van der Waals surface area contributed by atoms with Crippen LogP contribution in [-0.4, -0.2) is 45.4 Å². The van der Waals surface area contributed by atoms with Gasteiger partial charge in [0.2, 0.25) is 0 Å². The predicted octanol–water partition coefficient (Wildman–Crippen LogP) is 1.86. The van der Waals surface area contributed by atoms with E-state index in [1.165, 1.54) is 19.8 Å². The molecule has 134 valence electrons. The summed E-state index contributed by atoms with van der Waals surface area (Å²) in [5.74, 6) is -0.0558. The lowest BCUT2D eigenvalue weighted by Crippen LogP contribution is -2.58. The first-order valence-corrected chi connectivity index (χ1v) is 8.35.